The molecule has 1 aliphatic heterocycles. The molecule has 0 spiro atoms. The molecule has 0 amide bonds. The van der Waals surface area contributed by atoms with Crippen LogP contribution in [0.1, 0.15) is 24.6 Å². The Hall–Kier alpha value is -3.62. The minimum absolute atomic E-state index is 0.302. The Bertz CT molecular complexity index is 1140. The molecule has 146 valence electrons. The van der Waals surface area contributed by atoms with E-state index in [4.69, 9.17) is 9.72 Å². The van der Waals surface area contributed by atoms with Crippen molar-refractivity contribution in [1.82, 2.24) is 35.0 Å². The molecule has 0 unspecified atom stereocenters. The first-order valence-electron chi connectivity index (χ1n) is 9.57. The summed E-state index contributed by atoms with van der Waals surface area (Å²) in [5, 5.41) is 11.8. The molecule has 4 heterocycles. The van der Waals surface area contributed by atoms with E-state index in [0.29, 0.717) is 11.6 Å². The highest BCUT2D eigenvalue weighted by atomic mass is 16.5. The van der Waals surface area contributed by atoms with Crippen molar-refractivity contribution in [3.63, 3.8) is 0 Å². The second kappa shape index (κ2) is 7.42. The number of hydrogen-bond donors (Lipinski definition) is 0. The fraction of sp³-hybridized carbons (Fsp3) is 0.300. The molecule has 5 rings (SSSR count). The van der Waals surface area contributed by atoms with E-state index in [0.717, 1.165) is 54.6 Å². The molecule has 1 aliphatic rings. The average Bonchev–Trinajstić information content (AvgIpc) is 3.28. The lowest BCUT2D eigenvalue weighted by molar-refractivity contribution is 0.416. The fourth-order valence-electron chi connectivity index (χ4n) is 3.82. The van der Waals surface area contributed by atoms with Crippen LogP contribution in [0.5, 0.6) is 5.75 Å². The summed E-state index contributed by atoms with van der Waals surface area (Å²) in [5.41, 5.74) is 2.54. The highest BCUT2D eigenvalue weighted by molar-refractivity contribution is 5.67. The summed E-state index contributed by atoms with van der Waals surface area (Å²) in [6, 6.07) is 9.85. The average molecular weight is 388 g/mol. The predicted molar refractivity (Wildman–Crippen MR) is 107 cm³/mol. The predicted octanol–water partition coefficient (Wildman–Crippen LogP) is 2.37. The van der Waals surface area contributed by atoms with Gasteiger partial charge in [0.05, 0.1) is 19.0 Å². The van der Waals surface area contributed by atoms with Gasteiger partial charge >= 0.3 is 0 Å². The number of para-hydroxylation sites is 1. The number of rotatable bonds is 4. The monoisotopic (exact) mass is 388 g/mol. The van der Waals surface area contributed by atoms with Gasteiger partial charge < -0.3 is 9.64 Å². The zero-order valence-electron chi connectivity index (χ0n) is 16.0. The van der Waals surface area contributed by atoms with Gasteiger partial charge in [-0.25, -0.2) is 15.0 Å². The number of benzene rings is 1. The number of nitrogens with zero attached hydrogens (tertiary/aromatic N) is 8. The summed E-state index contributed by atoms with van der Waals surface area (Å²) in [6.07, 6.45) is 7.20. The number of ether oxygens (including phenoxy) is 1. The first-order chi connectivity index (χ1) is 14.3. The Balaban J connectivity index is 1.36. The van der Waals surface area contributed by atoms with Crippen molar-refractivity contribution >= 4 is 11.5 Å². The van der Waals surface area contributed by atoms with Gasteiger partial charge in [-0.3, -0.25) is 0 Å². The molecule has 0 aliphatic carbocycles. The molecule has 0 N–H and O–H groups in total. The number of anilines is 1. The van der Waals surface area contributed by atoms with Gasteiger partial charge in [0, 0.05) is 37.0 Å². The number of piperidine rings is 1. The van der Waals surface area contributed by atoms with Crippen molar-refractivity contribution < 1.29 is 4.74 Å². The second-order valence-corrected chi connectivity index (χ2v) is 6.96. The molecule has 4 aromatic rings. The highest BCUT2D eigenvalue weighted by Gasteiger charge is 2.25. The van der Waals surface area contributed by atoms with E-state index in [1.54, 1.807) is 24.0 Å². The molecule has 9 nitrogen and oxygen atoms in total. The van der Waals surface area contributed by atoms with Crippen LogP contribution >= 0.6 is 0 Å². The van der Waals surface area contributed by atoms with Gasteiger partial charge in [0.2, 0.25) is 5.65 Å². The van der Waals surface area contributed by atoms with Crippen LogP contribution in [0.25, 0.3) is 16.9 Å². The Morgan fingerprint density at radius 3 is 2.76 bits per heavy atom. The lowest BCUT2D eigenvalue weighted by Crippen LogP contribution is -2.34. The maximum Gasteiger partial charge on any atom is 0.221 e. The van der Waals surface area contributed by atoms with E-state index in [2.05, 4.69) is 30.4 Å². The van der Waals surface area contributed by atoms with E-state index < -0.39 is 0 Å². The Morgan fingerprint density at radius 2 is 1.90 bits per heavy atom. The number of aromatic nitrogens is 7. The van der Waals surface area contributed by atoms with Gasteiger partial charge in [-0.15, -0.1) is 5.10 Å². The number of fused-ring (bicyclic) bond motifs is 1. The van der Waals surface area contributed by atoms with Crippen LogP contribution < -0.4 is 9.64 Å². The third-order valence-corrected chi connectivity index (χ3v) is 5.31. The fourth-order valence-corrected chi connectivity index (χ4v) is 3.82. The molecule has 9 heteroatoms. The molecule has 1 fully saturated rings. The number of tetrazole rings is 1. The number of methoxy groups -OCH3 is 1. The highest BCUT2D eigenvalue weighted by Crippen LogP contribution is 2.32. The molecular formula is C20H20N8O. The lowest BCUT2D eigenvalue weighted by Gasteiger charge is -2.32. The van der Waals surface area contributed by atoms with Gasteiger partial charge in [0.1, 0.15) is 11.6 Å². The molecule has 0 bridgehead atoms. The van der Waals surface area contributed by atoms with Gasteiger partial charge in [-0.2, -0.15) is 4.52 Å². The van der Waals surface area contributed by atoms with Crippen molar-refractivity contribution in [2.24, 2.45) is 0 Å². The van der Waals surface area contributed by atoms with Crippen molar-refractivity contribution in [2.75, 3.05) is 25.1 Å². The largest absolute Gasteiger partial charge is 0.496 e. The normalized spacial score (nSPS) is 15.0. The van der Waals surface area contributed by atoms with Crippen LogP contribution in [0.2, 0.25) is 0 Å². The maximum atomic E-state index is 5.48. The van der Waals surface area contributed by atoms with Crippen molar-refractivity contribution in [3.8, 4) is 17.0 Å². The van der Waals surface area contributed by atoms with E-state index >= 15 is 0 Å². The van der Waals surface area contributed by atoms with Gasteiger partial charge in [0.15, 0.2) is 5.82 Å². The van der Waals surface area contributed by atoms with Crippen LogP contribution in [0.4, 0.5) is 5.82 Å². The number of hydrogen-bond acceptors (Lipinski definition) is 8. The summed E-state index contributed by atoms with van der Waals surface area (Å²) < 4.78 is 7.13. The van der Waals surface area contributed by atoms with Crippen LogP contribution in [0.3, 0.4) is 0 Å². The molecule has 0 atom stereocenters. The van der Waals surface area contributed by atoms with E-state index in [1.807, 2.05) is 36.5 Å². The third-order valence-electron chi connectivity index (χ3n) is 5.31. The van der Waals surface area contributed by atoms with Crippen LogP contribution in [0, 0.1) is 0 Å². The molecule has 0 radical (unpaired) electrons. The minimum Gasteiger partial charge on any atom is -0.496 e. The van der Waals surface area contributed by atoms with Crippen molar-refractivity contribution in [1.29, 1.82) is 0 Å². The summed E-state index contributed by atoms with van der Waals surface area (Å²) in [5.74, 6) is 2.81. The minimum atomic E-state index is 0.302. The van der Waals surface area contributed by atoms with E-state index in [1.165, 1.54) is 0 Å². The summed E-state index contributed by atoms with van der Waals surface area (Å²) >= 11 is 0. The Kier molecular flexibility index (Phi) is 4.47. The molecular weight excluding hydrogens is 368 g/mol. The topological polar surface area (TPSA) is 94.2 Å². The zero-order chi connectivity index (χ0) is 19.6. The molecule has 0 saturated carbocycles. The zero-order valence-corrected chi connectivity index (χ0v) is 16.0. The SMILES string of the molecule is COc1ccccc1-c1ccnc(C2CCN(c3nccn4nnnc34)CC2)n1. The first kappa shape index (κ1) is 17.5. The molecule has 1 saturated heterocycles. The first-order valence-corrected chi connectivity index (χ1v) is 9.57. The van der Waals surface area contributed by atoms with E-state index in [9.17, 15) is 0 Å². The van der Waals surface area contributed by atoms with Crippen LogP contribution in [-0.2, 0) is 0 Å². The van der Waals surface area contributed by atoms with Gasteiger partial charge in [-0.1, -0.05) is 12.1 Å². The smallest absolute Gasteiger partial charge is 0.221 e. The van der Waals surface area contributed by atoms with Crippen LogP contribution in [-0.4, -0.2) is 55.2 Å². The summed E-state index contributed by atoms with van der Waals surface area (Å²) in [6.45, 7) is 1.71. The summed E-state index contributed by atoms with van der Waals surface area (Å²) in [4.78, 5) is 16.1. The van der Waals surface area contributed by atoms with Gasteiger partial charge in [0.25, 0.3) is 0 Å². The quantitative estimate of drug-likeness (QED) is 0.526. The van der Waals surface area contributed by atoms with Crippen LogP contribution in [0.15, 0.2) is 48.9 Å². The second-order valence-electron chi connectivity index (χ2n) is 6.96. The maximum absolute atomic E-state index is 5.48. The van der Waals surface area contributed by atoms with E-state index in [-0.39, 0.29) is 0 Å². The van der Waals surface area contributed by atoms with Crippen molar-refractivity contribution in [2.45, 2.75) is 18.8 Å². The third kappa shape index (κ3) is 3.24. The summed E-state index contributed by atoms with van der Waals surface area (Å²) in [7, 11) is 1.68. The Labute approximate surface area is 167 Å². The molecule has 29 heavy (non-hydrogen) atoms. The molecule has 3 aromatic heterocycles. The Morgan fingerprint density at radius 1 is 1.03 bits per heavy atom. The molecule has 1 aromatic carbocycles. The lowest BCUT2D eigenvalue weighted by atomic mass is 9.95. The standard InChI is InChI=1S/C20H20N8O/c1-29-17-5-3-2-4-15(17)16-6-9-21-18(23-16)14-7-11-27(12-8-14)19-20-24-25-26-28(20)13-10-22-19/h2-6,9-10,13-14H,7-8,11-12H2,1H3. The van der Waals surface area contributed by atoms with Crippen molar-refractivity contribution in [3.05, 3.63) is 54.7 Å². The van der Waals surface area contributed by atoms with Gasteiger partial charge in [-0.05, 0) is 41.5 Å².